The Morgan fingerprint density at radius 3 is 2.41 bits per heavy atom. The van der Waals surface area contributed by atoms with E-state index in [2.05, 4.69) is 42.7 Å². The number of hydrogen-bond acceptors (Lipinski definition) is 10. The quantitative estimate of drug-likeness (QED) is 0.0868. The lowest BCUT2D eigenvalue weighted by Gasteiger charge is -2.40. The van der Waals surface area contributed by atoms with Crippen molar-refractivity contribution in [3.05, 3.63) is 90.0 Å². The minimum atomic E-state index is -0.960. The number of ether oxygens (including phenoxy) is 3. The highest BCUT2D eigenvalue weighted by Gasteiger charge is 2.39. The summed E-state index contributed by atoms with van der Waals surface area (Å²) in [5, 5.41) is 24.4. The first-order valence-electron chi connectivity index (χ1n) is 17.6. The summed E-state index contributed by atoms with van der Waals surface area (Å²) in [6, 6.07) is 19.0. The topological polar surface area (TPSA) is 164 Å². The summed E-state index contributed by atoms with van der Waals surface area (Å²) >= 11 is 0. The molecule has 2 aromatic carbocycles. The molecule has 4 aromatic rings. The predicted molar refractivity (Wildman–Crippen MR) is 194 cm³/mol. The molecule has 13 nitrogen and oxygen atoms in total. The lowest BCUT2D eigenvalue weighted by atomic mass is 9.86. The second-order valence-electron chi connectivity index (χ2n) is 12.9. The fraction of sp³-hybridized carbons (Fsp3) is 0.447. The van der Waals surface area contributed by atoms with Crippen LogP contribution in [0.15, 0.2) is 73.1 Å². The summed E-state index contributed by atoms with van der Waals surface area (Å²) in [6.07, 6.45) is 8.64. The SMILES string of the molecule is CC(NC(=O)c1cccc(NC2(c3nnc(-c4ccncc4)[nH]3)CCN(C)CC2)c1)c1ccc(OCCCCCOCCCOCC(=O)O)cc1. The Kier molecular flexibility index (Phi) is 13.9. The van der Waals surface area contributed by atoms with Crippen molar-refractivity contribution in [2.24, 2.45) is 0 Å². The van der Waals surface area contributed by atoms with E-state index in [4.69, 9.17) is 19.3 Å². The van der Waals surface area contributed by atoms with Gasteiger partial charge in [0.05, 0.1) is 18.2 Å². The summed E-state index contributed by atoms with van der Waals surface area (Å²) in [7, 11) is 2.12. The number of rotatable bonds is 20. The lowest BCUT2D eigenvalue weighted by Crippen LogP contribution is -2.46. The maximum atomic E-state index is 13.4. The van der Waals surface area contributed by atoms with Crippen LogP contribution in [0, 0.1) is 0 Å². The second kappa shape index (κ2) is 18.9. The number of piperidine rings is 1. The van der Waals surface area contributed by atoms with E-state index < -0.39 is 11.5 Å². The third kappa shape index (κ3) is 11.3. The largest absolute Gasteiger partial charge is 0.494 e. The van der Waals surface area contributed by atoms with Crippen molar-refractivity contribution in [1.82, 2.24) is 30.4 Å². The van der Waals surface area contributed by atoms with Gasteiger partial charge in [0.1, 0.15) is 12.4 Å². The molecule has 2 aromatic heterocycles. The molecule has 0 spiro atoms. The summed E-state index contributed by atoms with van der Waals surface area (Å²) in [5.74, 6) is 1.15. The van der Waals surface area contributed by atoms with Crippen molar-refractivity contribution in [2.45, 2.75) is 57.0 Å². The van der Waals surface area contributed by atoms with E-state index >= 15 is 0 Å². The third-order valence-corrected chi connectivity index (χ3v) is 8.98. The normalized spacial score (nSPS) is 14.9. The zero-order chi connectivity index (χ0) is 35.9. The number of likely N-dealkylation sites (tertiary alicyclic amines) is 1. The number of anilines is 1. The van der Waals surface area contributed by atoms with Gasteiger partial charge in [-0.1, -0.05) is 18.2 Å². The Morgan fingerprint density at radius 1 is 0.922 bits per heavy atom. The van der Waals surface area contributed by atoms with Gasteiger partial charge in [0.2, 0.25) is 0 Å². The number of carbonyl (C=O) groups is 2. The Balaban J connectivity index is 1.08. The smallest absolute Gasteiger partial charge is 0.329 e. The molecule has 1 saturated heterocycles. The predicted octanol–water partition coefficient (Wildman–Crippen LogP) is 5.45. The number of nitrogens with zero attached hydrogens (tertiary/aromatic N) is 4. The molecule has 0 saturated carbocycles. The second-order valence-corrected chi connectivity index (χ2v) is 12.9. The number of amides is 1. The highest BCUT2D eigenvalue weighted by molar-refractivity contribution is 5.95. The summed E-state index contributed by atoms with van der Waals surface area (Å²) in [5.41, 5.74) is 2.86. The molecule has 1 aliphatic heterocycles. The highest BCUT2D eigenvalue weighted by atomic mass is 16.5. The lowest BCUT2D eigenvalue weighted by molar-refractivity contribution is -0.142. The average molecular weight is 700 g/mol. The molecule has 1 aliphatic rings. The molecule has 0 aliphatic carbocycles. The summed E-state index contributed by atoms with van der Waals surface area (Å²) in [6.45, 7) is 5.71. The zero-order valence-corrected chi connectivity index (χ0v) is 29.5. The molecule has 1 amide bonds. The van der Waals surface area contributed by atoms with E-state index in [0.29, 0.717) is 44.2 Å². The molecule has 51 heavy (non-hydrogen) atoms. The standard InChI is InChI=1S/C38H49N7O6/c1-28(29-10-12-33(13-11-29)51-25-5-3-4-22-49-23-7-24-50-27-34(46)47)40-36(48)31-8-6-9-32(26-31)42-38(16-20-45(2)21-17-38)37-41-35(43-44-37)30-14-18-39-19-15-30/h6,8-15,18-19,26,28,42H,3-5,7,16-17,20-25,27H2,1-2H3,(H,40,48)(H,46,47)(H,41,43,44). The molecule has 3 heterocycles. The van der Waals surface area contributed by atoms with Gasteiger partial charge in [0.25, 0.3) is 5.91 Å². The van der Waals surface area contributed by atoms with E-state index in [0.717, 1.165) is 73.6 Å². The van der Waals surface area contributed by atoms with Crippen molar-refractivity contribution in [1.29, 1.82) is 0 Å². The van der Waals surface area contributed by atoms with Crippen LogP contribution in [0.1, 0.15) is 73.2 Å². The van der Waals surface area contributed by atoms with Crippen molar-refractivity contribution in [2.75, 3.05) is 58.5 Å². The van der Waals surface area contributed by atoms with Gasteiger partial charge in [-0.25, -0.2) is 4.79 Å². The monoisotopic (exact) mass is 699 g/mol. The van der Waals surface area contributed by atoms with Crippen LogP contribution in [0.5, 0.6) is 5.75 Å². The molecule has 1 fully saturated rings. The van der Waals surface area contributed by atoms with Gasteiger partial charge >= 0.3 is 5.97 Å². The first-order chi connectivity index (χ1) is 24.8. The third-order valence-electron chi connectivity index (χ3n) is 8.98. The Morgan fingerprint density at radius 2 is 1.65 bits per heavy atom. The first kappa shape index (κ1) is 37.4. The Labute approximate surface area is 299 Å². The van der Waals surface area contributed by atoms with E-state index in [-0.39, 0.29) is 18.6 Å². The van der Waals surface area contributed by atoms with Crippen molar-refractivity contribution in [3.8, 4) is 17.1 Å². The van der Waals surface area contributed by atoms with Gasteiger partial charge in [0, 0.05) is 62.1 Å². The number of benzene rings is 2. The maximum absolute atomic E-state index is 13.4. The van der Waals surface area contributed by atoms with Gasteiger partial charge < -0.3 is 39.8 Å². The van der Waals surface area contributed by atoms with Crippen LogP contribution in [0.3, 0.4) is 0 Å². The molecule has 5 rings (SSSR count). The van der Waals surface area contributed by atoms with Crippen LogP contribution in [0.2, 0.25) is 0 Å². The average Bonchev–Trinajstić information content (AvgIpc) is 3.65. The molecular weight excluding hydrogens is 650 g/mol. The van der Waals surface area contributed by atoms with Crippen LogP contribution >= 0.6 is 0 Å². The van der Waals surface area contributed by atoms with Gasteiger partial charge in [-0.2, -0.15) is 0 Å². The number of carboxylic acid groups (broad SMARTS) is 1. The number of aromatic amines is 1. The molecular formula is C38H49N7O6. The number of pyridine rings is 1. The van der Waals surface area contributed by atoms with Gasteiger partial charge in [-0.05, 0) is 101 Å². The molecule has 272 valence electrons. The van der Waals surface area contributed by atoms with Crippen molar-refractivity contribution >= 4 is 17.6 Å². The fourth-order valence-electron chi connectivity index (χ4n) is 5.97. The fourth-order valence-corrected chi connectivity index (χ4v) is 5.97. The van der Waals surface area contributed by atoms with E-state index in [9.17, 15) is 9.59 Å². The molecule has 1 atom stereocenters. The van der Waals surface area contributed by atoms with Crippen LogP contribution < -0.4 is 15.4 Å². The number of carbonyl (C=O) groups excluding carboxylic acids is 1. The molecule has 0 bridgehead atoms. The molecule has 1 unspecified atom stereocenters. The number of H-pyrrole nitrogens is 1. The molecule has 13 heteroatoms. The summed E-state index contributed by atoms with van der Waals surface area (Å²) < 4.78 is 16.5. The molecule has 4 N–H and O–H groups in total. The van der Waals surface area contributed by atoms with E-state index in [1.54, 1.807) is 12.4 Å². The number of carboxylic acids is 1. The minimum absolute atomic E-state index is 0.154. The van der Waals surface area contributed by atoms with Gasteiger partial charge in [0.15, 0.2) is 11.6 Å². The molecule has 0 radical (unpaired) electrons. The maximum Gasteiger partial charge on any atom is 0.329 e. The minimum Gasteiger partial charge on any atom is -0.494 e. The van der Waals surface area contributed by atoms with Crippen molar-refractivity contribution < 1.29 is 28.9 Å². The highest BCUT2D eigenvalue weighted by Crippen LogP contribution is 2.35. The van der Waals surface area contributed by atoms with Crippen LogP contribution in [-0.2, 0) is 19.8 Å². The number of aliphatic carboxylic acids is 1. The van der Waals surface area contributed by atoms with Crippen molar-refractivity contribution in [3.63, 3.8) is 0 Å². The number of nitrogens with one attached hydrogen (secondary N) is 3. The van der Waals surface area contributed by atoms with E-state index in [1.165, 1.54) is 0 Å². The number of aromatic nitrogens is 4. The Hall–Kier alpha value is -4.85. The zero-order valence-electron chi connectivity index (χ0n) is 29.5. The Bertz CT molecular complexity index is 1660. The summed E-state index contributed by atoms with van der Waals surface area (Å²) in [4.78, 5) is 33.7. The number of hydrogen-bond donors (Lipinski definition) is 4. The van der Waals surface area contributed by atoms with Crippen LogP contribution in [0.25, 0.3) is 11.4 Å². The van der Waals surface area contributed by atoms with E-state index in [1.807, 2.05) is 67.6 Å². The van der Waals surface area contributed by atoms with Crippen LogP contribution in [-0.4, -0.2) is 95.2 Å². The number of unbranched alkanes of at least 4 members (excludes halogenated alkanes) is 2. The van der Waals surface area contributed by atoms with Gasteiger partial charge in [-0.3, -0.25) is 9.78 Å². The van der Waals surface area contributed by atoms with Crippen LogP contribution in [0.4, 0.5) is 5.69 Å². The van der Waals surface area contributed by atoms with Gasteiger partial charge in [-0.15, -0.1) is 10.2 Å². The first-order valence-corrected chi connectivity index (χ1v) is 17.6.